The Morgan fingerprint density at radius 1 is 0.941 bits per heavy atom. The maximum atomic E-state index is 6.10. The number of rotatable bonds is 3. The third-order valence-electron chi connectivity index (χ3n) is 2.24. The molecule has 0 amide bonds. The summed E-state index contributed by atoms with van der Waals surface area (Å²) in [6.07, 6.45) is 0. The van der Waals surface area contributed by atoms with Crippen molar-refractivity contribution in [1.82, 2.24) is 0 Å². The number of hydrogen-bond acceptors (Lipinski definition) is 2. The van der Waals surface area contributed by atoms with Gasteiger partial charge in [0.25, 0.3) is 0 Å². The first-order valence-corrected chi connectivity index (χ1v) is 15.7. The van der Waals surface area contributed by atoms with E-state index in [2.05, 4.69) is 38.9 Å². The molecule has 0 atom stereocenters. The summed E-state index contributed by atoms with van der Waals surface area (Å²) in [5.74, 6) is 0. The number of halogens is 2. The third-order valence-corrected chi connectivity index (χ3v) is 8.97. The second-order valence-corrected chi connectivity index (χ2v) is 10.9. The van der Waals surface area contributed by atoms with E-state index in [-0.39, 0.29) is 0 Å². The Kier molecular flexibility index (Phi) is 5.37. The molecule has 2 aromatic carbocycles. The molecule has 2 nitrogen and oxygen atoms in total. The summed E-state index contributed by atoms with van der Waals surface area (Å²) in [6, 6.07) is 15.9. The molecule has 2 rings (SSSR count). The molecule has 0 aliphatic heterocycles. The number of nitrogens with zero attached hydrogens (tertiary/aromatic N) is 2. The van der Waals surface area contributed by atoms with Crippen LogP contribution in [-0.4, -0.2) is 0 Å². The van der Waals surface area contributed by atoms with E-state index in [0.717, 1.165) is 14.9 Å². The second kappa shape index (κ2) is 6.80. The molecule has 0 radical (unpaired) electrons. The molecule has 0 bridgehead atoms. The zero-order chi connectivity index (χ0) is 12.1. The first-order chi connectivity index (χ1) is 8.31. The number of hydrogen-bond donors (Lipinski definition) is 0. The summed E-state index contributed by atoms with van der Waals surface area (Å²) < 4.78 is 2.33. The van der Waals surface area contributed by atoms with Crippen molar-refractivity contribution in [3.63, 3.8) is 0 Å². The van der Waals surface area contributed by atoms with Gasteiger partial charge in [0.2, 0.25) is 0 Å². The summed E-state index contributed by atoms with van der Waals surface area (Å²) in [5.41, 5.74) is 1.82. The van der Waals surface area contributed by atoms with Gasteiger partial charge in [0.05, 0.1) is 0 Å². The molecule has 82 valence electrons. The zero-order valence-corrected chi connectivity index (χ0v) is 17.4. The fourth-order valence-corrected chi connectivity index (χ4v) is 7.72. The Morgan fingerprint density at radius 2 is 1.71 bits per heavy atom. The van der Waals surface area contributed by atoms with Gasteiger partial charge >= 0.3 is 131 Å². The van der Waals surface area contributed by atoms with Crippen LogP contribution in [0.4, 0.5) is 11.4 Å². The van der Waals surface area contributed by atoms with Crippen molar-refractivity contribution in [2.45, 2.75) is 0 Å². The fourth-order valence-electron chi connectivity index (χ4n) is 1.38. The molecular weight excluding hydrogens is 535 g/mol. The molecule has 0 aliphatic rings. The van der Waals surface area contributed by atoms with E-state index in [0.29, 0.717) is 0 Å². The molecule has 0 aromatic heterocycles. The van der Waals surface area contributed by atoms with Crippen LogP contribution in [-0.2, 0) is 23.3 Å². The predicted octanol–water partition coefficient (Wildman–Crippen LogP) is 4.57. The summed E-state index contributed by atoms with van der Waals surface area (Å²) >= 11 is 0.816. The average molecular weight is 543 g/mol. The van der Waals surface area contributed by atoms with Crippen LogP contribution in [0.15, 0.2) is 58.8 Å². The van der Waals surface area contributed by atoms with Crippen LogP contribution in [0.1, 0.15) is 0 Å². The van der Waals surface area contributed by atoms with E-state index < -0.39 is 23.3 Å². The van der Waals surface area contributed by atoms with E-state index in [9.17, 15) is 0 Å². The van der Waals surface area contributed by atoms with E-state index in [1.807, 2.05) is 42.5 Å². The molecule has 5 heteroatoms. The Labute approximate surface area is 130 Å². The molecular formula is C12H8ClHgIN2. The van der Waals surface area contributed by atoms with Gasteiger partial charge in [-0.3, -0.25) is 0 Å². The van der Waals surface area contributed by atoms with Gasteiger partial charge in [-0.2, -0.15) is 0 Å². The molecule has 0 unspecified atom stereocenters. The van der Waals surface area contributed by atoms with E-state index >= 15 is 0 Å². The molecule has 2 aromatic rings. The monoisotopic (exact) mass is 544 g/mol. The van der Waals surface area contributed by atoms with Crippen molar-refractivity contribution in [2.75, 3.05) is 0 Å². The number of benzene rings is 2. The topological polar surface area (TPSA) is 24.7 Å². The van der Waals surface area contributed by atoms with Crippen molar-refractivity contribution in [2.24, 2.45) is 10.2 Å². The molecule has 0 fully saturated rings. The molecule has 0 saturated heterocycles. The van der Waals surface area contributed by atoms with Crippen LogP contribution in [0, 0.1) is 3.57 Å². The van der Waals surface area contributed by atoms with Crippen molar-refractivity contribution < 1.29 is 23.3 Å². The molecule has 0 saturated carbocycles. The van der Waals surface area contributed by atoms with Crippen LogP contribution >= 0.6 is 30.8 Å². The SMILES string of the molecule is [Cl][Hg][c]1cccc(I)c1N=Nc1ccccc1. The second-order valence-electron chi connectivity index (χ2n) is 3.42. The maximum absolute atomic E-state index is 6.10. The van der Waals surface area contributed by atoms with Gasteiger partial charge < -0.3 is 0 Å². The predicted molar refractivity (Wildman–Crippen MR) is 75.3 cm³/mol. The molecule has 0 heterocycles. The standard InChI is InChI=1S/C12H8IN2.ClH.Hg/c13-11-8-4-5-9-12(11)15-14-10-6-2-1-3-7-10;;/h1-8H;1H;/q;;+1/p-1. The normalized spacial score (nSPS) is 10.5. The Hall–Kier alpha value is -0.00494. The van der Waals surface area contributed by atoms with Crippen LogP contribution in [0.2, 0.25) is 0 Å². The summed E-state index contributed by atoms with van der Waals surface area (Å²) in [7, 11) is 6.10. The van der Waals surface area contributed by atoms with Crippen LogP contribution in [0.5, 0.6) is 0 Å². The summed E-state index contributed by atoms with van der Waals surface area (Å²) in [6.45, 7) is 0. The molecule has 0 spiro atoms. The summed E-state index contributed by atoms with van der Waals surface area (Å²) in [5, 5.41) is 8.58. The molecule has 0 aliphatic carbocycles. The Bertz CT molecular complexity index is 531. The first-order valence-electron chi connectivity index (χ1n) is 5.11. The van der Waals surface area contributed by atoms with Gasteiger partial charge in [-0.25, -0.2) is 0 Å². The van der Waals surface area contributed by atoms with Crippen molar-refractivity contribution in [3.05, 3.63) is 52.1 Å². The van der Waals surface area contributed by atoms with Crippen molar-refractivity contribution in [3.8, 4) is 0 Å². The van der Waals surface area contributed by atoms with E-state index in [1.165, 1.54) is 3.07 Å². The fraction of sp³-hybridized carbons (Fsp3) is 0. The minimum absolute atomic E-state index is 0.865. The van der Waals surface area contributed by atoms with Gasteiger partial charge in [-0.1, -0.05) is 0 Å². The minimum atomic E-state index is -1.46. The Morgan fingerprint density at radius 3 is 2.41 bits per heavy atom. The van der Waals surface area contributed by atoms with Gasteiger partial charge in [-0.15, -0.1) is 0 Å². The first kappa shape index (κ1) is 13.4. The quantitative estimate of drug-likeness (QED) is 0.308. The van der Waals surface area contributed by atoms with Crippen LogP contribution in [0.25, 0.3) is 0 Å². The van der Waals surface area contributed by atoms with Gasteiger partial charge in [0, 0.05) is 0 Å². The average Bonchev–Trinajstić information content (AvgIpc) is 2.38. The zero-order valence-electron chi connectivity index (χ0n) is 8.98. The number of azo groups is 1. The van der Waals surface area contributed by atoms with Crippen LogP contribution < -0.4 is 3.07 Å². The van der Waals surface area contributed by atoms with E-state index in [1.54, 1.807) is 0 Å². The molecule has 17 heavy (non-hydrogen) atoms. The van der Waals surface area contributed by atoms with Gasteiger partial charge in [0.1, 0.15) is 0 Å². The summed E-state index contributed by atoms with van der Waals surface area (Å²) in [4.78, 5) is 0. The Balaban J connectivity index is 2.33. The van der Waals surface area contributed by atoms with Gasteiger partial charge in [0.15, 0.2) is 0 Å². The third kappa shape index (κ3) is 3.73. The van der Waals surface area contributed by atoms with E-state index in [4.69, 9.17) is 8.25 Å². The molecule has 0 N–H and O–H groups in total. The van der Waals surface area contributed by atoms with Crippen molar-refractivity contribution >= 4 is 45.3 Å². The van der Waals surface area contributed by atoms with Gasteiger partial charge in [-0.05, 0) is 0 Å². The van der Waals surface area contributed by atoms with Crippen LogP contribution in [0.3, 0.4) is 0 Å². The van der Waals surface area contributed by atoms with Crippen molar-refractivity contribution in [1.29, 1.82) is 0 Å².